The lowest BCUT2D eigenvalue weighted by Gasteiger charge is -2.16. The quantitative estimate of drug-likeness (QED) is 0.0795. The van der Waals surface area contributed by atoms with Crippen molar-refractivity contribution in [2.24, 2.45) is 5.92 Å². The van der Waals surface area contributed by atoms with Crippen LogP contribution in [0.4, 0.5) is 0 Å². The molecule has 36 heavy (non-hydrogen) atoms. The van der Waals surface area contributed by atoms with Crippen molar-refractivity contribution >= 4 is 0 Å². The van der Waals surface area contributed by atoms with Crippen molar-refractivity contribution in [2.45, 2.75) is 226 Å². The number of hydrogen-bond acceptors (Lipinski definition) is 0. The summed E-state index contributed by atoms with van der Waals surface area (Å²) in [5.41, 5.74) is 0. The molecule has 0 rings (SSSR count). The van der Waals surface area contributed by atoms with Crippen LogP contribution in [0.1, 0.15) is 226 Å². The van der Waals surface area contributed by atoms with Crippen LogP contribution in [0.25, 0.3) is 0 Å². The van der Waals surface area contributed by atoms with Gasteiger partial charge in [0.2, 0.25) is 0 Å². The lowest BCUT2D eigenvalue weighted by molar-refractivity contribution is 0.370. The monoisotopic (exact) mass is 507 g/mol. The van der Waals surface area contributed by atoms with Crippen molar-refractivity contribution in [3.8, 4) is 0 Å². The van der Waals surface area contributed by atoms with Crippen LogP contribution in [0, 0.1) is 5.92 Å². The second-order valence-electron chi connectivity index (χ2n) is 12.4. The molecule has 0 aliphatic heterocycles. The molecule has 218 valence electrons. The predicted octanol–water partition coefficient (Wildman–Crippen LogP) is 14.1. The molecule has 0 fully saturated rings. The molecule has 0 saturated carbocycles. The minimum Gasteiger partial charge on any atom is -0.0654 e. The summed E-state index contributed by atoms with van der Waals surface area (Å²) in [5, 5.41) is 0. The second kappa shape index (κ2) is 33.0. The molecule has 1 atom stereocenters. The van der Waals surface area contributed by atoms with Gasteiger partial charge in [0.25, 0.3) is 0 Å². The Hall–Kier alpha value is 0. The molecule has 0 spiro atoms. The zero-order chi connectivity index (χ0) is 26.2. The summed E-state index contributed by atoms with van der Waals surface area (Å²) in [4.78, 5) is 0. The van der Waals surface area contributed by atoms with Gasteiger partial charge in [-0.3, -0.25) is 0 Å². The molecule has 0 aromatic rings. The number of rotatable bonds is 32. The Kier molecular flexibility index (Phi) is 33.0. The summed E-state index contributed by atoms with van der Waals surface area (Å²) in [7, 11) is 0. The Balaban J connectivity index is 3.47. The van der Waals surface area contributed by atoms with Crippen molar-refractivity contribution in [1.29, 1.82) is 0 Å². The first-order valence-electron chi connectivity index (χ1n) is 17.8. The normalized spacial score (nSPS) is 12.4. The fraction of sp³-hybridized carbons (Fsp3) is 1.00. The van der Waals surface area contributed by atoms with Crippen molar-refractivity contribution < 1.29 is 0 Å². The summed E-state index contributed by atoms with van der Waals surface area (Å²) >= 11 is 0. The number of unbranched alkanes of at least 4 members (excludes halogenated alkanes) is 26. The zero-order valence-electron chi connectivity index (χ0n) is 26.2. The highest BCUT2D eigenvalue weighted by Crippen LogP contribution is 2.24. The fourth-order valence-corrected chi connectivity index (χ4v) is 6.00. The van der Waals surface area contributed by atoms with E-state index in [9.17, 15) is 0 Å². The van der Waals surface area contributed by atoms with E-state index >= 15 is 0 Å². The van der Waals surface area contributed by atoms with E-state index in [2.05, 4.69) is 20.8 Å². The molecule has 1 unspecified atom stereocenters. The van der Waals surface area contributed by atoms with E-state index < -0.39 is 0 Å². The minimum absolute atomic E-state index is 1.04. The van der Waals surface area contributed by atoms with Gasteiger partial charge in [0.1, 0.15) is 0 Å². The summed E-state index contributed by atoms with van der Waals surface area (Å²) in [6, 6.07) is 0. The van der Waals surface area contributed by atoms with Crippen molar-refractivity contribution in [2.75, 3.05) is 0 Å². The molecule has 0 aromatic heterocycles. The van der Waals surface area contributed by atoms with Crippen LogP contribution in [0.3, 0.4) is 0 Å². The van der Waals surface area contributed by atoms with Gasteiger partial charge >= 0.3 is 0 Å². The highest BCUT2D eigenvalue weighted by atomic mass is 14.1. The molecule has 0 heteroatoms. The second-order valence-corrected chi connectivity index (χ2v) is 12.4. The molecule has 0 heterocycles. The molecule has 0 aliphatic carbocycles. The Morgan fingerprint density at radius 2 is 0.417 bits per heavy atom. The van der Waals surface area contributed by atoms with Crippen molar-refractivity contribution in [3.05, 3.63) is 0 Å². The third-order valence-electron chi connectivity index (χ3n) is 8.65. The highest BCUT2D eigenvalue weighted by Gasteiger charge is 2.08. The smallest absolute Gasteiger partial charge is 0.0414 e. The molecule has 0 bridgehead atoms. The molecule has 0 amide bonds. The van der Waals surface area contributed by atoms with E-state index in [0.717, 1.165) is 5.92 Å². The first kappa shape index (κ1) is 36.0. The van der Waals surface area contributed by atoms with Gasteiger partial charge in [-0.1, -0.05) is 226 Å². The van der Waals surface area contributed by atoms with Crippen LogP contribution in [-0.4, -0.2) is 0 Å². The third kappa shape index (κ3) is 30.2. The lowest BCUT2D eigenvalue weighted by Crippen LogP contribution is -2.01. The molecular weight excluding hydrogens is 432 g/mol. The van der Waals surface area contributed by atoms with Crippen molar-refractivity contribution in [1.82, 2.24) is 0 Å². The molecule has 0 N–H and O–H groups in total. The van der Waals surface area contributed by atoms with Crippen LogP contribution in [0.15, 0.2) is 0 Å². The van der Waals surface area contributed by atoms with Gasteiger partial charge < -0.3 is 0 Å². The average molecular weight is 507 g/mol. The molecule has 0 radical (unpaired) electrons. The standard InChI is InChI=1S/C36H74/c1-4-7-10-12-14-16-18-20-22-24-26-28-30-32-35-36(33-9-6-3)34-31-29-27-25-23-21-19-17-15-13-11-8-5-2/h36H,4-35H2,1-3H3. The van der Waals surface area contributed by atoms with E-state index in [0.29, 0.717) is 0 Å². The SMILES string of the molecule is CCCCCCCCCCCCCCCCC(CCCC)CCCCCCCCCCCCCCC. The highest BCUT2D eigenvalue weighted by molar-refractivity contribution is 4.62. The van der Waals surface area contributed by atoms with Crippen LogP contribution in [-0.2, 0) is 0 Å². The summed E-state index contributed by atoms with van der Waals surface area (Å²) in [6.07, 6.45) is 47.3. The summed E-state index contributed by atoms with van der Waals surface area (Å²) < 4.78 is 0. The predicted molar refractivity (Wildman–Crippen MR) is 168 cm³/mol. The van der Waals surface area contributed by atoms with Gasteiger partial charge in [0, 0.05) is 0 Å². The van der Waals surface area contributed by atoms with Gasteiger partial charge in [0.15, 0.2) is 0 Å². The van der Waals surface area contributed by atoms with Crippen LogP contribution in [0.5, 0.6) is 0 Å². The first-order valence-corrected chi connectivity index (χ1v) is 17.8. The van der Waals surface area contributed by atoms with E-state index in [-0.39, 0.29) is 0 Å². The third-order valence-corrected chi connectivity index (χ3v) is 8.65. The summed E-state index contributed by atoms with van der Waals surface area (Å²) in [6.45, 7) is 6.99. The van der Waals surface area contributed by atoms with Gasteiger partial charge in [-0.25, -0.2) is 0 Å². The maximum absolute atomic E-state index is 2.37. The molecule has 0 aliphatic rings. The van der Waals surface area contributed by atoms with Gasteiger partial charge in [-0.05, 0) is 5.92 Å². The minimum atomic E-state index is 1.04. The van der Waals surface area contributed by atoms with Crippen LogP contribution < -0.4 is 0 Å². The largest absolute Gasteiger partial charge is 0.0654 e. The molecule has 0 saturated heterocycles. The summed E-state index contributed by atoms with van der Waals surface area (Å²) in [5.74, 6) is 1.04. The Morgan fingerprint density at radius 1 is 0.222 bits per heavy atom. The average Bonchev–Trinajstić information content (AvgIpc) is 2.89. The van der Waals surface area contributed by atoms with Gasteiger partial charge in [-0.15, -0.1) is 0 Å². The van der Waals surface area contributed by atoms with E-state index in [1.807, 2.05) is 0 Å². The maximum atomic E-state index is 2.37. The Bertz CT molecular complexity index is 359. The van der Waals surface area contributed by atoms with E-state index in [1.165, 1.54) is 205 Å². The molecular formula is C36H74. The Labute approximate surface area is 232 Å². The topological polar surface area (TPSA) is 0 Å². The Morgan fingerprint density at radius 3 is 0.667 bits per heavy atom. The molecule has 0 aromatic carbocycles. The number of hydrogen-bond donors (Lipinski definition) is 0. The fourth-order valence-electron chi connectivity index (χ4n) is 6.00. The molecule has 0 nitrogen and oxygen atoms in total. The zero-order valence-corrected chi connectivity index (χ0v) is 26.2. The lowest BCUT2D eigenvalue weighted by atomic mass is 9.90. The van der Waals surface area contributed by atoms with E-state index in [4.69, 9.17) is 0 Å². The first-order chi connectivity index (χ1) is 17.8. The van der Waals surface area contributed by atoms with Gasteiger partial charge in [-0.2, -0.15) is 0 Å². The van der Waals surface area contributed by atoms with Gasteiger partial charge in [0.05, 0.1) is 0 Å². The van der Waals surface area contributed by atoms with E-state index in [1.54, 1.807) is 0 Å². The van der Waals surface area contributed by atoms with Crippen LogP contribution in [0.2, 0.25) is 0 Å². The maximum Gasteiger partial charge on any atom is -0.0414 e. The van der Waals surface area contributed by atoms with Crippen LogP contribution >= 0.6 is 0 Å². The van der Waals surface area contributed by atoms with Crippen molar-refractivity contribution in [3.63, 3.8) is 0 Å².